The summed E-state index contributed by atoms with van der Waals surface area (Å²) in [5.41, 5.74) is 1.09. The first kappa shape index (κ1) is 16.0. The van der Waals surface area contributed by atoms with Crippen LogP contribution in [0.3, 0.4) is 0 Å². The van der Waals surface area contributed by atoms with Gasteiger partial charge in [-0.25, -0.2) is 13.1 Å². The molecular weight excluding hydrogens is 288 g/mol. The van der Waals surface area contributed by atoms with Crippen LogP contribution in [0.5, 0.6) is 0 Å². The van der Waals surface area contributed by atoms with Gasteiger partial charge in [-0.05, 0) is 48.9 Å². The summed E-state index contributed by atoms with van der Waals surface area (Å²) in [7, 11) is -3.55. The molecule has 1 saturated heterocycles. The van der Waals surface area contributed by atoms with Gasteiger partial charge in [-0.1, -0.05) is 6.92 Å². The van der Waals surface area contributed by atoms with E-state index in [9.17, 15) is 8.42 Å². The predicted octanol–water partition coefficient (Wildman–Crippen LogP) is 1.96. The van der Waals surface area contributed by atoms with Crippen LogP contribution in [0.2, 0.25) is 0 Å². The van der Waals surface area contributed by atoms with Crippen LogP contribution in [0.15, 0.2) is 23.1 Å². The lowest BCUT2D eigenvalue weighted by atomic mass is 9.83. The summed E-state index contributed by atoms with van der Waals surface area (Å²) in [5, 5.41) is 8.89. The standard InChI is InChI=1S/C15H20N2O3S/c1-12-9-14(4-3-13(12)10-16)21(18,19)17-11-15(2)5-7-20-8-6-15/h3-4,9,17H,5-8,11H2,1-2H3. The first-order valence-electron chi connectivity index (χ1n) is 6.94. The zero-order chi connectivity index (χ0) is 15.5. The van der Waals surface area contributed by atoms with Crippen molar-refractivity contribution in [3.05, 3.63) is 29.3 Å². The number of nitriles is 1. The minimum Gasteiger partial charge on any atom is -0.381 e. The normalized spacial score (nSPS) is 18.1. The number of benzene rings is 1. The predicted molar refractivity (Wildman–Crippen MR) is 79.2 cm³/mol. The highest BCUT2D eigenvalue weighted by Gasteiger charge is 2.29. The zero-order valence-corrected chi connectivity index (χ0v) is 13.2. The highest BCUT2D eigenvalue weighted by molar-refractivity contribution is 7.89. The molecule has 5 nitrogen and oxygen atoms in total. The quantitative estimate of drug-likeness (QED) is 0.922. The molecule has 114 valence electrons. The zero-order valence-electron chi connectivity index (χ0n) is 12.3. The Morgan fingerprint density at radius 3 is 2.62 bits per heavy atom. The monoisotopic (exact) mass is 308 g/mol. The van der Waals surface area contributed by atoms with Gasteiger partial charge >= 0.3 is 0 Å². The number of hydrogen-bond acceptors (Lipinski definition) is 4. The number of nitrogens with one attached hydrogen (secondary N) is 1. The van der Waals surface area contributed by atoms with E-state index in [0.717, 1.165) is 12.8 Å². The topological polar surface area (TPSA) is 79.2 Å². The number of aryl methyl sites for hydroxylation is 1. The molecule has 2 rings (SSSR count). The molecule has 0 saturated carbocycles. The lowest BCUT2D eigenvalue weighted by molar-refractivity contribution is 0.0265. The summed E-state index contributed by atoms with van der Waals surface area (Å²) in [4.78, 5) is 0.203. The van der Waals surface area contributed by atoms with E-state index in [4.69, 9.17) is 10.00 Å². The number of hydrogen-bond donors (Lipinski definition) is 1. The molecule has 0 spiro atoms. The second-order valence-corrected chi connectivity index (χ2v) is 7.60. The average molecular weight is 308 g/mol. The van der Waals surface area contributed by atoms with Crippen LogP contribution >= 0.6 is 0 Å². The smallest absolute Gasteiger partial charge is 0.240 e. The largest absolute Gasteiger partial charge is 0.381 e. The van der Waals surface area contributed by atoms with Crippen LogP contribution < -0.4 is 4.72 Å². The van der Waals surface area contributed by atoms with Crippen molar-refractivity contribution in [3.63, 3.8) is 0 Å². The Hall–Kier alpha value is -1.42. The molecule has 6 heteroatoms. The van der Waals surface area contributed by atoms with Crippen molar-refractivity contribution in [3.8, 4) is 6.07 Å². The molecule has 1 aliphatic heterocycles. The van der Waals surface area contributed by atoms with Crippen molar-refractivity contribution >= 4 is 10.0 Å². The third-order valence-electron chi connectivity index (χ3n) is 4.02. The molecule has 0 atom stereocenters. The molecule has 1 aliphatic rings. The molecule has 1 aromatic carbocycles. The Bertz CT molecular complexity index is 656. The van der Waals surface area contributed by atoms with Crippen molar-refractivity contribution in [2.24, 2.45) is 5.41 Å². The number of nitrogens with zero attached hydrogens (tertiary/aromatic N) is 1. The van der Waals surface area contributed by atoms with Crippen molar-refractivity contribution in [1.82, 2.24) is 4.72 Å². The Labute approximate surface area is 126 Å². The van der Waals surface area contributed by atoms with E-state index < -0.39 is 10.0 Å². The molecule has 0 radical (unpaired) electrons. The van der Waals surface area contributed by atoms with Crippen molar-refractivity contribution in [2.45, 2.75) is 31.6 Å². The summed E-state index contributed by atoms with van der Waals surface area (Å²) in [6.45, 7) is 5.56. The van der Waals surface area contributed by atoms with Crippen molar-refractivity contribution in [1.29, 1.82) is 5.26 Å². The molecule has 1 fully saturated rings. The maximum absolute atomic E-state index is 12.3. The van der Waals surface area contributed by atoms with Crippen LogP contribution in [0.4, 0.5) is 0 Å². The molecule has 1 aromatic rings. The lowest BCUT2D eigenvalue weighted by Gasteiger charge is -2.33. The van der Waals surface area contributed by atoms with Crippen LogP contribution in [0.25, 0.3) is 0 Å². The minimum absolute atomic E-state index is 0.0625. The van der Waals surface area contributed by atoms with E-state index in [1.54, 1.807) is 13.0 Å². The first-order valence-corrected chi connectivity index (χ1v) is 8.43. The van der Waals surface area contributed by atoms with Crippen LogP contribution in [0, 0.1) is 23.7 Å². The molecule has 0 aliphatic carbocycles. The third-order valence-corrected chi connectivity index (χ3v) is 5.42. The summed E-state index contributed by atoms with van der Waals surface area (Å²) < 4.78 is 32.7. The Morgan fingerprint density at radius 2 is 2.05 bits per heavy atom. The Balaban J connectivity index is 2.11. The molecule has 0 aromatic heterocycles. The number of sulfonamides is 1. The van der Waals surface area contributed by atoms with Crippen LogP contribution in [0.1, 0.15) is 30.9 Å². The van der Waals surface area contributed by atoms with Gasteiger partial charge in [0.25, 0.3) is 0 Å². The van der Waals surface area contributed by atoms with Gasteiger partial charge in [0.2, 0.25) is 10.0 Å². The second kappa shape index (κ2) is 6.14. The highest BCUT2D eigenvalue weighted by atomic mass is 32.2. The fraction of sp³-hybridized carbons (Fsp3) is 0.533. The highest BCUT2D eigenvalue weighted by Crippen LogP contribution is 2.29. The summed E-state index contributed by atoms with van der Waals surface area (Å²) >= 11 is 0. The van der Waals surface area contributed by atoms with Crippen molar-refractivity contribution in [2.75, 3.05) is 19.8 Å². The van der Waals surface area contributed by atoms with E-state index in [2.05, 4.69) is 11.6 Å². The van der Waals surface area contributed by atoms with Gasteiger partial charge in [0.05, 0.1) is 16.5 Å². The number of rotatable bonds is 4. The van der Waals surface area contributed by atoms with E-state index in [1.807, 2.05) is 6.07 Å². The van der Waals surface area contributed by atoms with E-state index in [1.165, 1.54) is 12.1 Å². The summed E-state index contributed by atoms with van der Waals surface area (Å²) in [5.74, 6) is 0. The number of ether oxygens (including phenoxy) is 1. The molecule has 0 amide bonds. The molecule has 1 N–H and O–H groups in total. The van der Waals surface area contributed by atoms with Gasteiger partial charge in [0.15, 0.2) is 0 Å². The van der Waals surface area contributed by atoms with E-state index in [0.29, 0.717) is 30.9 Å². The maximum atomic E-state index is 12.3. The molecule has 0 bridgehead atoms. The fourth-order valence-corrected chi connectivity index (χ4v) is 3.61. The SMILES string of the molecule is Cc1cc(S(=O)(=O)NCC2(C)CCOCC2)ccc1C#N. The van der Waals surface area contributed by atoms with Gasteiger partial charge in [0.1, 0.15) is 0 Å². The molecule has 0 unspecified atom stereocenters. The molecule has 1 heterocycles. The van der Waals surface area contributed by atoms with Gasteiger partial charge in [0, 0.05) is 19.8 Å². The Morgan fingerprint density at radius 1 is 1.38 bits per heavy atom. The van der Waals surface area contributed by atoms with Gasteiger partial charge in [-0.2, -0.15) is 5.26 Å². The molecule has 21 heavy (non-hydrogen) atoms. The van der Waals surface area contributed by atoms with E-state index >= 15 is 0 Å². The van der Waals surface area contributed by atoms with Crippen LogP contribution in [-0.2, 0) is 14.8 Å². The van der Waals surface area contributed by atoms with E-state index in [-0.39, 0.29) is 10.3 Å². The van der Waals surface area contributed by atoms with Crippen molar-refractivity contribution < 1.29 is 13.2 Å². The average Bonchev–Trinajstić information content (AvgIpc) is 2.46. The minimum atomic E-state index is -3.55. The summed E-state index contributed by atoms with van der Waals surface area (Å²) in [6.07, 6.45) is 1.70. The maximum Gasteiger partial charge on any atom is 0.240 e. The second-order valence-electron chi connectivity index (χ2n) is 5.84. The van der Waals surface area contributed by atoms with Gasteiger partial charge < -0.3 is 4.74 Å². The van der Waals surface area contributed by atoms with Gasteiger partial charge in [-0.3, -0.25) is 0 Å². The first-order chi connectivity index (χ1) is 9.86. The fourth-order valence-electron chi connectivity index (χ4n) is 2.32. The Kier molecular flexibility index (Phi) is 4.67. The van der Waals surface area contributed by atoms with Crippen LogP contribution in [-0.4, -0.2) is 28.2 Å². The molecular formula is C15H20N2O3S. The lowest BCUT2D eigenvalue weighted by Crippen LogP contribution is -2.39. The third kappa shape index (κ3) is 3.82. The summed E-state index contributed by atoms with van der Waals surface area (Å²) in [6, 6.07) is 6.58. The van der Waals surface area contributed by atoms with Gasteiger partial charge in [-0.15, -0.1) is 0 Å².